The second-order valence-electron chi connectivity index (χ2n) is 6.85. The maximum atomic E-state index is 13.5. The number of rotatable bonds is 2. The number of aromatic nitrogens is 1. The third-order valence-corrected chi connectivity index (χ3v) is 6.16. The van der Waals surface area contributed by atoms with E-state index >= 15 is 0 Å². The molecule has 0 bridgehead atoms. The van der Waals surface area contributed by atoms with Crippen LogP contribution in [0.4, 0.5) is 5.69 Å². The SMILES string of the molecule is O=C(c1ccc(-c2ccsc2)cc1Cl)N1Cc2cccn2Cc2ccccc21. The van der Waals surface area contributed by atoms with Gasteiger partial charge in [0.1, 0.15) is 0 Å². The first kappa shape index (κ1) is 17.3. The van der Waals surface area contributed by atoms with Crippen LogP contribution in [0.25, 0.3) is 11.1 Å². The Morgan fingerprint density at radius 1 is 0.964 bits per heavy atom. The third kappa shape index (κ3) is 2.95. The average Bonchev–Trinajstić information content (AvgIpc) is 3.36. The van der Waals surface area contributed by atoms with Gasteiger partial charge in [0.2, 0.25) is 0 Å². The summed E-state index contributed by atoms with van der Waals surface area (Å²) in [5.74, 6) is -0.0797. The minimum Gasteiger partial charge on any atom is -0.345 e. The smallest absolute Gasteiger partial charge is 0.260 e. The molecule has 5 rings (SSSR count). The highest BCUT2D eigenvalue weighted by atomic mass is 35.5. The molecule has 0 saturated heterocycles. The van der Waals surface area contributed by atoms with Gasteiger partial charge in [-0.1, -0.05) is 35.9 Å². The van der Waals surface area contributed by atoms with Crippen LogP contribution in [0.3, 0.4) is 0 Å². The number of carbonyl (C=O) groups is 1. The molecule has 3 nitrogen and oxygen atoms in total. The molecule has 5 heteroatoms. The molecule has 2 aromatic carbocycles. The van der Waals surface area contributed by atoms with E-state index in [4.69, 9.17) is 11.6 Å². The molecule has 1 aliphatic heterocycles. The van der Waals surface area contributed by atoms with Crippen LogP contribution in [0, 0.1) is 0 Å². The van der Waals surface area contributed by atoms with Crippen LogP contribution in [-0.2, 0) is 13.1 Å². The summed E-state index contributed by atoms with van der Waals surface area (Å²) in [7, 11) is 0. The highest BCUT2D eigenvalue weighted by molar-refractivity contribution is 7.08. The minimum atomic E-state index is -0.0797. The Hall–Kier alpha value is -2.82. The van der Waals surface area contributed by atoms with Crippen molar-refractivity contribution in [1.82, 2.24) is 4.57 Å². The van der Waals surface area contributed by atoms with E-state index < -0.39 is 0 Å². The van der Waals surface area contributed by atoms with E-state index in [2.05, 4.69) is 34.3 Å². The van der Waals surface area contributed by atoms with Crippen molar-refractivity contribution in [3.05, 3.63) is 99.5 Å². The van der Waals surface area contributed by atoms with Gasteiger partial charge in [0.15, 0.2) is 0 Å². The maximum Gasteiger partial charge on any atom is 0.260 e. The van der Waals surface area contributed by atoms with Gasteiger partial charge < -0.3 is 9.47 Å². The normalized spacial score (nSPS) is 13.0. The summed E-state index contributed by atoms with van der Waals surface area (Å²) in [4.78, 5) is 15.3. The first-order chi connectivity index (χ1) is 13.7. The molecule has 3 heterocycles. The average molecular weight is 405 g/mol. The molecule has 1 aliphatic rings. The first-order valence-corrected chi connectivity index (χ1v) is 10.4. The largest absolute Gasteiger partial charge is 0.345 e. The molecule has 0 radical (unpaired) electrons. The van der Waals surface area contributed by atoms with Crippen LogP contribution in [0.15, 0.2) is 77.6 Å². The number of para-hydroxylation sites is 1. The molecule has 0 aliphatic carbocycles. The first-order valence-electron chi connectivity index (χ1n) is 9.06. The van der Waals surface area contributed by atoms with Gasteiger partial charge in [-0.25, -0.2) is 0 Å². The quantitative estimate of drug-likeness (QED) is 0.397. The fourth-order valence-electron chi connectivity index (χ4n) is 3.71. The predicted octanol–water partition coefficient (Wildman–Crippen LogP) is 6.08. The summed E-state index contributed by atoms with van der Waals surface area (Å²) in [5.41, 5.74) is 5.83. The zero-order valence-electron chi connectivity index (χ0n) is 15.0. The van der Waals surface area contributed by atoms with Gasteiger partial charge in [0, 0.05) is 24.1 Å². The molecular formula is C23H17ClN2OS. The fraction of sp³-hybridized carbons (Fsp3) is 0.0870. The van der Waals surface area contributed by atoms with Crippen molar-refractivity contribution in [1.29, 1.82) is 0 Å². The Labute approximate surface area is 172 Å². The molecule has 0 N–H and O–H groups in total. The van der Waals surface area contributed by atoms with Gasteiger partial charge in [-0.15, -0.1) is 0 Å². The molecule has 0 saturated carbocycles. The van der Waals surface area contributed by atoms with E-state index in [9.17, 15) is 4.79 Å². The number of hydrogen-bond acceptors (Lipinski definition) is 2. The predicted molar refractivity (Wildman–Crippen MR) is 115 cm³/mol. The molecule has 0 unspecified atom stereocenters. The maximum absolute atomic E-state index is 13.5. The molecule has 2 aromatic heterocycles. The Kier molecular flexibility index (Phi) is 4.30. The Morgan fingerprint density at radius 2 is 1.86 bits per heavy atom. The summed E-state index contributed by atoms with van der Waals surface area (Å²) < 4.78 is 2.19. The van der Waals surface area contributed by atoms with Crippen molar-refractivity contribution in [2.45, 2.75) is 13.1 Å². The Bertz CT molecular complexity index is 1160. The molecule has 0 atom stereocenters. The summed E-state index contributed by atoms with van der Waals surface area (Å²) in [6.07, 6.45) is 2.06. The molecule has 4 aromatic rings. The number of nitrogens with zero attached hydrogens (tertiary/aromatic N) is 2. The summed E-state index contributed by atoms with van der Waals surface area (Å²) in [6.45, 7) is 1.28. The Morgan fingerprint density at radius 3 is 2.68 bits per heavy atom. The lowest BCUT2D eigenvalue weighted by Crippen LogP contribution is -2.30. The molecule has 0 fully saturated rings. The monoisotopic (exact) mass is 404 g/mol. The number of fused-ring (bicyclic) bond motifs is 2. The highest BCUT2D eigenvalue weighted by Crippen LogP contribution is 2.32. The van der Waals surface area contributed by atoms with E-state index in [1.54, 1.807) is 11.3 Å². The van der Waals surface area contributed by atoms with Crippen molar-refractivity contribution in [3.63, 3.8) is 0 Å². The molecular weight excluding hydrogens is 388 g/mol. The number of halogens is 1. The van der Waals surface area contributed by atoms with Gasteiger partial charge in [-0.2, -0.15) is 11.3 Å². The second kappa shape index (κ2) is 6.97. The van der Waals surface area contributed by atoms with Crippen LogP contribution in [0.1, 0.15) is 21.6 Å². The van der Waals surface area contributed by atoms with E-state index in [-0.39, 0.29) is 5.91 Å². The molecule has 0 spiro atoms. The van der Waals surface area contributed by atoms with E-state index in [1.807, 2.05) is 52.7 Å². The van der Waals surface area contributed by atoms with Gasteiger partial charge in [-0.05, 0) is 63.8 Å². The lowest BCUT2D eigenvalue weighted by molar-refractivity contribution is 0.0985. The number of hydrogen-bond donors (Lipinski definition) is 0. The lowest BCUT2D eigenvalue weighted by Gasteiger charge is -2.23. The van der Waals surface area contributed by atoms with Crippen molar-refractivity contribution in [2.24, 2.45) is 0 Å². The van der Waals surface area contributed by atoms with Crippen molar-refractivity contribution in [3.8, 4) is 11.1 Å². The summed E-state index contributed by atoms with van der Waals surface area (Å²) in [6, 6.07) is 19.9. The summed E-state index contributed by atoms with van der Waals surface area (Å²) >= 11 is 8.20. The van der Waals surface area contributed by atoms with E-state index in [1.165, 1.54) is 0 Å². The zero-order chi connectivity index (χ0) is 19.1. The van der Waals surface area contributed by atoms with Gasteiger partial charge in [0.25, 0.3) is 5.91 Å². The van der Waals surface area contributed by atoms with E-state index in [0.717, 1.165) is 34.6 Å². The van der Waals surface area contributed by atoms with Crippen molar-refractivity contribution >= 4 is 34.5 Å². The minimum absolute atomic E-state index is 0.0797. The van der Waals surface area contributed by atoms with Crippen LogP contribution < -0.4 is 4.90 Å². The topological polar surface area (TPSA) is 25.2 Å². The number of carbonyl (C=O) groups excluding carboxylic acids is 1. The standard InChI is InChI=1S/C23H17ClN2OS/c24-21-12-16(18-9-11-28-15-18)7-8-20(21)23(27)26-14-19-5-3-10-25(19)13-17-4-1-2-6-22(17)26/h1-12,15H,13-14H2. The summed E-state index contributed by atoms with van der Waals surface area (Å²) in [5, 5.41) is 4.59. The fourth-order valence-corrected chi connectivity index (χ4v) is 4.64. The van der Waals surface area contributed by atoms with E-state index in [0.29, 0.717) is 17.1 Å². The van der Waals surface area contributed by atoms with Crippen molar-refractivity contribution in [2.75, 3.05) is 4.90 Å². The molecule has 1 amide bonds. The van der Waals surface area contributed by atoms with Gasteiger partial charge in [0.05, 0.1) is 17.1 Å². The van der Waals surface area contributed by atoms with Crippen molar-refractivity contribution < 1.29 is 4.79 Å². The van der Waals surface area contributed by atoms with Gasteiger partial charge in [-0.3, -0.25) is 4.79 Å². The highest BCUT2D eigenvalue weighted by Gasteiger charge is 2.26. The number of amides is 1. The van der Waals surface area contributed by atoms with Crippen LogP contribution in [0.5, 0.6) is 0 Å². The number of anilines is 1. The number of thiophene rings is 1. The Balaban J connectivity index is 1.56. The second-order valence-corrected chi connectivity index (χ2v) is 8.04. The van der Waals surface area contributed by atoms with Crippen LogP contribution in [0.2, 0.25) is 5.02 Å². The zero-order valence-corrected chi connectivity index (χ0v) is 16.6. The van der Waals surface area contributed by atoms with Gasteiger partial charge >= 0.3 is 0 Å². The molecule has 28 heavy (non-hydrogen) atoms. The number of benzene rings is 2. The molecule has 138 valence electrons. The van der Waals surface area contributed by atoms with Crippen LogP contribution in [-0.4, -0.2) is 10.5 Å². The lowest BCUT2D eigenvalue weighted by atomic mass is 10.1. The van der Waals surface area contributed by atoms with Crippen LogP contribution >= 0.6 is 22.9 Å². The third-order valence-electron chi connectivity index (χ3n) is 5.17.